The average Bonchev–Trinajstić information content (AvgIpc) is 3.11. The lowest BCUT2D eigenvalue weighted by Crippen LogP contribution is -2.12. The number of hydrogen-bond donors (Lipinski definition) is 1. The van der Waals surface area contributed by atoms with E-state index in [1.54, 1.807) is 24.3 Å². The fourth-order valence-electron chi connectivity index (χ4n) is 2.66. The van der Waals surface area contributed by atoms with Crippen LogP contribution in [-0.2, 0) is 10.9 Å². The van der Waals surface area contributed by atoms with E-state index in [-0.39, 0.29) is 24.7 Å². The van der Waals surface area contributed by atoms with Crippen molar-refractivity contribution in [2.75, 3.05) is 25.6 Å². The fourth-order valence-corrected chi connectivity index (χ4v) is 3.65. The molecule has 0 atom stereocenters. The van der Waals surface area contributed by atoms with Crippen molar-refractivity contribution in [3.05, 3.63) is 59.1 Å². The number of ether oxygens (including phenoxy) is 1. The van der Waals surface area contributed by atoms with Crippen molar-refractivity contribution in [2.24, 2.45) is 0 Å². The number of benzene rings is 2. The molecule has 1 heterocycles. The lowest BCUT2D eigenvalue weighted by Gasteiger charge is -2.16. The Hall–Kier alpha value is -2.07. The second-order valence-corrected chi connectivity index (χ2v) is 7.35. The number of rotatable bonds is 8. The largest absolute Gasteiger partial charge is 0.418 e. The number of nitrogens with zero attached hydrogens (tertiary/aromatic N) is 3. The summed E-state index contributed by atoms with van der Waals surface area (Å²) in [6, 6.07) is 12.0. The summed E-state index contributed by atoms with van der Waals surface area (Å²) >= 11 is 7.27. The topological polar surface area (TPSA) is 60.2 Å². The van der Waals surface area contributed by atoms with Crippen LogP contribution in [0.4, 0.5) is 13.2 Å². The first-order valence-corrected chi connectivity index (χ1v) is 9.97. The second kappa shape index (κ2) is 9.62. The van der Waals surface area contributed by atoms with E-state index in [0.717, 1.165) is 6.07 Å². The normalized spacial score (nSPS) is 11.8. The zero-order valence-corrected chi connectivity index (χ0v) is 16.6. The highest BCUT2D eigenvalue weighted by Crippen LogP contribution is 2.37. The first-order valence-electron chi connectivity index (χ1n) is 8.61. The Morgan fingerprint density at radius 3 is 2.59 bits per heavy atom. The van der Waals surface area contributed by atoms with Crippen LogP contribution >= 0.6 is 23.4 Å². The molecule has 1 N–H and O–H groups in total. The van der Waals surface area contributed by atoms with Crippen LogP contribution in [0.3, 0.4) is 0 Å². The second-order valence-electron chi connectivity index (χ2n) is 5.85. The van der Waals surface area contributed by atoms with E-state index >= 15 is 0 Å². The van der Waals surface area contributed by atoms with E-state index in [4.69, 9.17) is 21.4 Å². The molecule has 154 valence electrons. The van der Waals surface area contributed by atoms with Gasteiger partial charge in [0, 0.05) is 16.3 Å². The molecule has 0 radical (unpaired) electrons. The first kappa shape index (κ1) is 21.6. The zero-order chi connectivity index (χ0) is 20.9. The van der Waals surface area contributed by atoms with Gasteiger partial charge in [-0.05, 0) is 24.3 Å². The van der Waals surface area contributed by atoms with Crippen molar-refractivity contribution in [3.63, 3.8) is 0 Å². The monoisotopic (exact) mass is 443 g/mol. The molecule has 0 saturated carbocycles. The average molecular weight is 444 g/mol. The van der Waals surface area contributed by atoms with Gasteiger partial charge in [0.15, 0.2) is 11.0 Å². The molecular weight excluding hydrogens is 427 g/mol. The maximum Gasteiger partial charge on any atom is 0.418 e. The molecule has 29 heavy (non-hydrogen) atoms. The molecule has 3 aromatic rings. The van der Waals surface area contributed by atoms with Crippen molar-refractivity contribution >= 4 is 23.4 Å². The van der Waals surface area contributed by atoms with Gasteiger partial charge in [0.2, 0.25) is 0 Å². The van der Waals surface area contributed by atoms with Gasteiger partial charge in [-0.15, -0.1) is 10.2 Å². The number of para-hydroxylation sites is 1. The van der Waals surface area contributed by atoms with Crippen molar-refractivity contribution < 1.29 is 23.0 Å². The number of thioether (sulfide) groups is 1. The Balaban J connectivity index is 2.06. The fraction of sp³-hybridized carbons (Fsp3) is 0.263. The molecule has 10 heteroatoms. The number of halogens is 4. The Morgan fingerprint density at radius 2 is 1.86 bits per heavy atom. The Bertz CT molecular complexity index is 966. The summed E-state index contributed by atoms with van der Waals surface area (Å²) in [4.78, 5) is 0. The SMILES string of the molecule is OCCOCCSc1nnc(-c2cccc(Cl)c2)n1-c1ccccc1C(F)(F)F. The number of hydrogen-bond acceptors (Lipinski definition) is 5. The predicted molar refractivity (Wildman–Crippen MR) is 105 cm³/mol. The van der Waals surface area contributed by atoms with Gasteiger partial charge in [-0.25, -0.2) is 0 Å². The molecule has 0 fully saturated rings. The third-order valence-corrected chi connectivity index (χ3v) is 4.99. The van der Waals surface area contributed by atoms with Crippen LogP contribution < -0.4 is 0 Å². The molecule has 3 rings (SSSR count). The third-order valence-electron chi connectivity index (χ3n) is 3.86. The minimum Gasteiger partial charge on any atom is -0.394 e. The van der Waals surface area contributed by atoms with Crippen molar-refractivity contribution in [3.8, 4) is 17.1 Å². The highest BCUT2D eigenvalue weighted by Gasteiger charge is 2.35. The van der Waals surface area contributed by atoms with Crippen LogP contribution in [0.5, 0.6) is 0 Å². The van der Waals surface area contributed by atoms with E-state index in [1.807, 2.05) is 0 Å². The molecule has 1 aromatic heterocycles. The van der Waals surface area contributed by atoms with Crippen LogP contribution in [0.25, 0.3) is 17.1 Å². The molecule has 0 amide bonds. The van der Waals surface area contributed by atoms with Gasteiger partial charge in [-0.3, -0.25) is 4.57 Å². The Kier molecular flexibility index (Phi) is 7.18. The molecule has 0 unspecified atom stereocenters. The van der Waals surface area contributed by atoms with Gasteiger partial charge in [-0.2, -0.15) is 13.2 Å². The summed E-state index contributed by atoms with van der Waals surface area (Å²) in [6.45, 7) is 0.405. The third kappa shape index (κ3) is 5.30. The van der Waals surface area contributed by atoms with E-state index < -0.39 is 11.7 Å². The van der Waals surface area contributed by atoms with Crippen molar-refractivity contribution in [1.29, 1.82) is 0 Å². The molecule has 0 aliphatic carbocycles. The number of aromatic nitrogens is 3. The minimum atomic E-state index is -4.54. The predicted octanol–water partition coefficient (Wildman–Crippen LogP) is 4.71. The lowest BCUT2D eigenvalue weighted by molar-refractivity contribution is -0.137. The van der Waals surface area contributed by atoms with E-state index in [2.05, 4.69) is 10.2 Å². The maximum atomic E-state index is 13.6. The highest BCUT2D eigenvalue weighted by atomic mass is 35.5. The maximum absolute atomic E-state index is 13.6. The van der Waals surface area contributed by atoms with Crippen LogP contribution in [0.1, 0.15) is 5.56 Å². The smallest absolute Gasteiger partial charge is 0.394 e. The summed E-state index contributed by atoms with van der Waals surface area (Å²) in [5.74, 6) is 0.685. The van der Waals surface area contributed by atoms with Crippen LogP contribution in [0, 0.1) is 0 Å². The van der Waals surface area contributed by atoms with Crippen LogP contribution in [0.2, 0.25) is 5.02 Å². The number of alkyl halides is 3. The Morgan fingerprint density at radius 1 is 1.07 bits per heavy atom. The summed E-state index contributed by atoms with van der Waals surface area (Å²) in [6.07, 6.45) is -4.54. The molecule has 2 aromatic carbocycles. The summed E-state index contributed by atoms with van der Waals surface area (Å²) in [7, 11) is 0. The van der Waals surface area contributed by atoms with Crippen LogP contribution in [0.15, 0.2) is 53.7 Å². The van der Waals surface area contributed by atoms with E-state index in [0.29, 0.717) is 28.1 Å². The molecule has 0 saturated heterocycles. The highest BCUT2D eigenvalue weighted by molar-refractivity contribution is 7.99. The van der Waals surface area contributed by atoms with Gasteiger partial charge in [0.05, 0.1) is 31.1 Å². The van der Waals surface area contributed by atoms with E-state index in [1.165, 1.54) is 34.5 Å². The van der Waals surface area contributed by atoms with Gasteiger partial charge < -0.3 is 9.84 Å². The van der Waals surface area contributed by atoms with Gasteiger partial charge in [0.1, 0.15) is 0 Å². The van der Waals surface area contributed by atoms with Gasteiger partial charge >= 0.3 is 6.18 Å². The molecule has 0 aliphatic rings. The molecule has 0 spiro atoms. The lowest BCUT2D eigenvalue weighted by atomic mass is 10.1. The zero-order valence-electron chi connectivity index (χ0n) is 15.1. The quantitative estimate of drug-likeness (QED) is 0.403. The molecular formula is C19H17ClF3N3O2S. The first-order chi connectivity index (χ1) is 13.9. The van der Waals surface area contributed by atoms with Crippen LogP contribution in [-0.4, -0.2) is 45.4 Å². The minimum absolute atomic E-state index is 0.0706. The van der Waals surface area contributed by atoms with Crippen molar-refractivity contribution in [1.82, 2.24) is 14.8 Å². The molecule has 0 aliphatic heterocycles. The van der Waals surface area contributed by atoms with Gasteiger partial charge in [-0.1, -0.05) is 47.6 Å². The Labute approximate surface area is 174 Å². The standard InChI is InChI=1S/C19H17ClF3N3O2S/c20-14-5-3-4-13(12-14)17-24-25-18(29-11-10-28-9-8-27)26(17)16-7-2-1-6-15(16)19(21,22)23/h1-7,12,27H,8-11H2. The van der Waals surface area contributed by atoms with E-state index in [9.17, 15) is 13.2 Å². The molecule has 0 bridgehead atoms. The number of aliphatic hydroxyl groups excluding tert-OH is 1. The summed E-state index contributed by atoms with van der Waals surface area (Å²) < 4.78 is 47.5. The van der Waals surface area contributed by atoms with Gasteiger partial charge in [0.25, 0.3) is 0 Å². The summed E-state index contributed by atoms with van der Waals surface area (Å²) in [5.41, 5.74) is -0.314. The van der Waals surface area contributed by atoms with Crippen molar-refractivity contribution in [2.45, 2.75) is 11.3 Å². The molecule has 5 nitrogen and oxygen atoms in total. The summed E-state index contributed by atoms with van der Waals surface area (Å²) in [5, 5.41) is 17.7. The number of aliphatic hydroxyl groups is 1.